The summed E-state index contributed by atoms with van der Waals surface area (Å²) in [5.74, 6) is -3.83. The second kappa shape index (κ2) is 11.5. The van der Waals surface area contributed by atoms with Crippen molar-refractivity contribution in [3.05, 3.63) is 35.9 Å². The van der Waals surface area contributed by atoms with Crippen molar-refractivity contribution in [1.29, 1.82) is 0 Å². The summed E-state index contributed by atoms with van der Waals surface area (Å²) in [7, 11) is 1.97. The van der Waals surface area contributed by atoms with Gasteiger partial charge in [0.2, 0.25) is 0 Å². The van der Waals surface area contributed by atoms with E-state index < -0.39 is 24.1 Å². The third-order valence-electron chi connectivity index (χ3n) is 2.96. The number of carboxylic acid groups (broad SMARTS) is 2. The number of aliphatic carboxylic acids is 2. The Bertz CT molecular complexity index is 449. The Labute approximate surface area is 133 Å². The molecule has 0 aliphatic heterocycles. The molecule has 4 atom stereocenters. The van der Waals surface area contributed by atoms with Crippen molar-refractivity contribution in [2.45, 2.75) is 31.3 Å². The molecule has 23 heavy (non-hydrogen) atoms. The average molecular weight is 333 g/mol. The Kier molecular flexibility index (Phi) is 11.6. The highest BCUT2D eigenvalue weighted by molar-refractivity contribution is 5.82. The molecule has 0 aliphatic rings. The first kappa shape index (κ1) is 23.2. The zero-order valence-corrected chi connectivity index (χ0v) is 12.8. The molecule has 0 radical (unpaired) electrons. The lowest BCUT2D eigenvalue weighted by Crippen LogP contribution is -2.86. The number of aliphatic hydroxyl groups is 3. The van der Waals surface area contributed by atoms with Crippen molar-refractivity contribution in [3.63, 3.8) is 0 Å². The van der Waals surface area contributed by atoms with Gasteiger partial charge in [-0.3, -0.25) is 0 Å². The molecular formula is C14H23NO8. The lowest BCUT2D eigenvalue weighted by molar-refractivity contribution is -0.669. The van der Waals surface area contributed by atoms with Crippen LogP contribution in [0.3, 0.4) is 0 Å². The third-order valence-corrected chi connectivity index (χ3v) is 2.96. The van der Waals surface area contributed by atoms with E-state index in [4.69, 9.17) is 15.3 Å². The SMILES string of the molecule is C[NH2+][C@@H](C)[C@H](O)c1ccccc1.O.O=C([O-])[C@H](O)[C@@H](O)C(=O)O. The Hall–Kier alpha value is -2.04. The monoisotopic (exact) mass is 333 g/mol. The third kappa shape index (κ3) is 8.24. The van der Waals surface area contributed by atoms with Crippen LogP contribution in [-0.2, 0) is 9.59 Å². The van der Waals surface area contributed by atoms with E-state index in [1.807, 2.05) is 49.6 Å². The van der Waals surface area contributed by atoms with Gasteiger partial charge < -0.3 is 41.1 Å². The second-order valence-electron chi connectivity index (χ2n) is 4.59. The van der Waals surface area contributed by atoms with Crippen molar-refractivity contribution < 1.29 is 45.9 Å². The molecule has 1 rings (SSSR count). The van der Waals surface area contributed by atoms with Crippen molar-refractivity contribution in [2.24, 2.45) is 0 Å². The van der Waals surface area contributed by atoms with E-state index in [1.165, 1.54) is 0 Å². The molecule has 0 unspecified atom stereocenters. The highest BCUT2D eigenvalue weighted by atomic mass is 16.4. The first-order valence-electron chi connectivity index (χ1n) is 6.54. The van der Waals surface area contributed by atoms with Crippen LogP contribution in [0.1, 0.15) is 18.6 Å². The van der Waals surface area contributed by atoms with Gasteiger partial charge in [-0.15, -0.1) is 0 Å². The van der Waals surface area contributed by atoms with Crippen LogP contribution in [0.2, 0.25) is 0 Å². The van der Waals surface area contributed by atoms with Crippen molar-refractivity contribution in [1.82, 2.24) is 0 Å². The lowest BCUT2D eigenvalue weighted by Gasteiger charge is -2.15. The van der Waals surface area contributed by atoms with E-state index >= 15 is 0 Å². The summed E-state index contributed by atoms with van der Waals surface area (Å²) in [6, 6.07) is 9.96. The number of benzene rings is 1. The Balaban J connectivity index is 0. The highest BCUT2D eigenvalue weighted by Gasteiger charge is 2.24. The zero-order chi connectivity index (χ0) is 17.3. The van der Waals surface area contributed by atoms with Crippen molar-refractivity contribution in [3.8, 4) is 0 Å². The van der Waals surface area contributed by atoms with Crippen LogP contribution < -0.4 is 10.4 Å². The Morgan fingerprint density at radius 3 is 1.87 bits per heavy atom. The molecule has 0 heterocycles. The molecule has 1 aromatic carbocycles. The first-order valence-corrected chi connectivity index (χ1v) is 6.54. The fourth-order valence-electron chi connectivity index (χ4n) is 1.40. The van der Waals surface area contributed by atoms with Crippen LogP contribution in [0.4, 0.5) is 0 Å². The van der Waals surface area contributed by atoms with Gasteiger partial charge in [0, 0.05) is 0 Å². The van der Waals surface area contributed by atoms with Gasteiger partial charge in [0.25, 0.3) is 0 Å². The van der Waals surface area contributed by atoms with Crippen LogP contribution in [0.25, 0.3) is 0 Å². The average Bonchev–Trinajstić information content (AvgIpc) is 2.53. The number of likely N-dealkylation sites (N-methyl/N-ethyl adjacent to an activating group) is 1. The quantitative estimate of drug-likeness (QED) is 0.351. The minimum atomic E-state index is -2.38. The number of carboxylic acids is 2. The van der Waals surface area contributed by atoms with Crippen LogP contribution in [-0.4, -0.2) is 63.1 Å². The first-order chi connectivity index (χ1) is 10.2. The molecule has 0 amide bonds. The van der Waals surface area contributed by atoms with Crippen LogP contribution in [0.15, 0.2) is 30.3 Å². The van der Waals surface area contributed by atoms with Gasteiger partial charge in [0.05, 0.1) is 13.0 Å². The number of carbonyl (C=O) groups is 2. The van der Waals surface area contributed by atoms with E-state index in [2.05, 4.69) is 0 Å². The van der Waals surface area contributed by atoms with Crippen LogP contribution in [0, 0.1) is 0 Å². The van der Waals surface area contributed by atoms with Gasteiger partial charge in [0.15, 0.2) is 6.10 Å². The molecule has 9 nitrogen and oxygen atoms in total. The number of quaternary nitrogens is 1. The summed E-state index contributed by atoms with van der Waals surface area (Å²) in [6.45, 7) is 2.01. The minimum absolute atomic E-state index is 0. The molecule has 1 aromatic rings. The van der Waals surface area contributed by atoms with Crippen molar-refractivity contribution in [2.75, 3.05) is 7.05 Å². The molecule has 0 saturated heterocycles. The number of hydrogen-bond donors (Lipinski definition) is 5. The molecule has 0 bridgehead atoms. The van der Waals surface area contributed by atoms with Crippen LogP contribution >= 0.6 is 0 Å². The van der Waals surface area contributed by atoms with Crippen molar-refractivity contribution >= 4 is 11.9 Å². The fraction of sp³-hybridized carbons (Fsp3) is 0.429. The second-order valence-corrected chi connectivity index (χ2v) is 4.59. The number of nitrogens with two attached hydrogens (primary N) is 1. The molecule has 0 aromatic heterocycles. The Morgan fingerprint density at radius 2 is 1.57 bits per heavy atom. The molecule has 0 fully saturated rings. The van der Waals surface area contributed by atoms with E-state index in [9.17, 15) is 19.8 Å². The largest absolute Gasteiger partial charge is 0.547 e. The minimum Gasteiger partial charge on any atom is -0.547 e. The molecule has 0 saturated carbocycles. The van der Waals surface area contributed by atoms with Gasteiger partial charge in [-0.05, 0) is 12.5 Å². The van der Waals surface area contributed by atoms with Gasteiger partial charge in [-0.1, -0.05) is 30.3 Å². The topological polar surface area (TPSA) is 186 Å². The van der Waals surface area contributed by atoms with Gasteiger partial charge in [0.1, 0.15) is 18.2 Å². The number of rotatable bonds is 6. The summed E-state index contributed by atoms with van der Waals surface area (Å²) in [6.07, 6.45) is -5.07. The van der Waals surface area contributed by atoms with E-state index in [0.717, 1.165) is 5.56 Å². The van der Waals surface area contributed by atoms with Gasteiger partial charge in [-0.2, -0.15) is 0 Å². The molecule has 0 spiro atoms. The maximum atomic E-state index is 9.76. The van der Waals surface area contributed by atoms with E-state index in [-0.39, 0.29) is 17.6 Å². The summed E-state index contributed by atoms with van der Waals surface area (Å²) >= 11 is 0. The predicted molar refractivity (Wildman–Crippen MR) is 77.0 cm³/mol. The fourth-order valence-corrected chi connectivity index (χ4v) is 1.40. The summed E-state index contributed by atoms with van der Waals surface area (Å²) in [5, 5.41) is 45.9. The lowest BCUT2D eigenvalue weighted by atomic mass is 10.0. The number of aliphatic hydroxyl groups excluding tert-OH is 3. The van der Waals surface area contributed by atoms with Gasteiger partial charge in [-0.25, -0.2) is 4.79 Å². The van der Waals surface area contributed by atoms with Gasteiger partial charge >= 0.3 is 5.97 Å². The summed E-state index contributed by atoms with van der Waals surface area (Å²) in [5.41, 5.74) is 0.989. The smallest absolute Gasteiger partial charge is 0.335 e. The maximum Gasteiger partial charge on any atom is 0.335 e. The van der Waals surface area contributed by atoms with E-state index in [1.54, 1.807) is 0 Å². The zero-order valence-electron chi connectivity index (χ0n) is 12.8. The molecule has 8 N–H and O–H groups in total. The predicted octanol–water partition coefficient (Wildman–Crippen LogP) is -3.98. The summed E-state index contributed by atoms with van der Waals surface area (Å²) in [4.78, 5) is 19.4. The Morgan fingerprint density at radius 1 is 1.09 bits per heavy atom. The summed E-state index contributed by atoms with van der Waals surface area (Å²) < 4.78 is 0. The molecular weight excluding hydrogens is 310 g/mol. The normalized spacial score (nSPS) is 15.0. The highest BCUT2D eigenvalue weighted by Crippen LogP contribution is 2.13. The molecule has 0 aliphatic carbocycles. The van der Waals surface area contributed by atoms with E-state index in [0.29, 0.717) is 0 Å². The standard InChI is InChI=1S/C10H15NO.C4H6O6.H2O/c1-8(11-2)10(12)9-6-4-3-5-7-9;5-1(3(7)8)2(6)4(9)10;/h3-8,10-12H,1-2H3;1-2,5-6H,(H,7,8)(H,9,10);1H2/t8-,10-;1-,2-;/m01./s1. The molecule has 9 heteroatoms. The number of hydrogen-bond acceptors (Lipinski definition) is 6. The van der Waals surface area contributed by atoms with Crippen LogP contribution in [0.5, 0.6) is 0 Å². The molecule has 132 valence electrons. The maximum absolute atomic E-state index is 9.76. The number of carbonyl (C=O) groups excluding carboxylic acids is 1.